The number of hydrogen-bond donors (Lipinski definition) is 1. The van der Waals surface area contributed by atoms with E-state index in [0.717, 1.165) is 12.8 Å². The van der Waals surface area contributed by atoms with Crippen molar-refractivity contribution in [2.75, 3.05) is 13.2 Å². The SMILES string of the molecule is OB1OCCCCCCO1. The molecule has 1 aliphatic rings. The first kappa shape index (κ1) is 8.05. The van der Waals surface area contributed by atoms with Crippen LogP contribution in [0.25, 0.3) is 0 Å². The van der Waals surface area contributed by atoms with E-state index in [-0.39, 0.29) is 0 Å². The minimum absolute atomic E-state index is 0.612. The van der Waals surface area contributed by atoms with Gasteiger partial charge in [0.15, 0.2) is 0 Å². The topological polar surface area (TPSA) is 38.7 Å². The minimum Gasteiger partial charge on any atom is -0.402 e. The molecule has 0 aromatic carbocycles. The van der Waals surface area contributed by atoms with Gasteiger partial charge in [-0.2, -0.15) is 0 Å². The Morgan fingerprint density at radius 3 is 1.90 bits per heavy atom. The van der Waals surface area contributed by atoms with Crippen LogP contribution in [0.3, 0.4) is 0 Å². The van der Waals surface area contributed by atoms with Gasteiger partial charge in [0.25, 0.3) is 0 Å². The van der Waals surface area contributed by atoms with Crippen molar-refractivity contribution in [3.05, 3.63) is 0 Å². The fourth-order valence-corrected chi connectivity index (χ4v) is 0.974. The molecule has 1 fully saturated rings. The van der Waals surface area contributed by atoms with E-state index in [0.29, 0.717) is 13.2 Å². The van der Waals surface area contributed by atoms with Gasteiger partial charge in [0.05, 0.1) is 0 Å². The zero-order valence-electron chi connectivity index (χ0n) is 6.08. The maximum Gasteiger partial charge on any atom is 0.636 e. The zero-order valence-corrected chi connectivity index (χ0v) is 6.08. The molecule has 3 nitrogen and oxygen atoms in total. The summed E-state index contributed by atoms with van der Waals surface area (Å²) in [7, 11) is -0.988. The Morgan fingerprint density at radius 1 is 0.900 bits per heavy atom. The van der Waals surface area contributed by atoms with Crippen LogP contribution in [-0.2, 0) is 9.31 Å². The van der Waals surface area contributed by atoms with Crippen molar-refractivity contribution in [2.24, 2.45) is 0 Å². The molecule has 4 heteroatoms. The molecule has 0 atom stereocenters. The summed E-state index contributed by atoms with van der Waals surface area (Å²) in [5.74, 6) is 0. The van der Waals surface area contributed by atoms with Crippen molar-refractivity contribution < 1.29 is 14.3 Å². The van der Waals surface area contributed by atoms with E-state index in [1.807, 2.05) is 0 Å². The first-order valence-corrected chi connectivity index (χ1v) is 3.81. The van der Waals surface area contributed by atoms with Crippen LogP contribution in [-0.4, -0.2) is 25.6 Å². The second-order valence-corrected chi connectivity index (χ2v) is 2.46. The highest BCUT2D eigenvalue weighted by molar-refractivity contribution is 6.34. The molecular formula is C6H13BO3. The second-order valence-electron chi connectivity index (χ2n) is 2.46. The van der Waals surface area contributed by atoms with Gasteiger partial charge in [-0.25, -0.2) is 0 Å². The van der Waals surface area contributed by atoms with Gasteiger partial charge in [0.1, 0.15) is 0 Å². The smallest absolute Gasteiger partial charge is 0.402 e. The Hall–Kier alpha value is -0.0551. The van der Waals surface area contributed by atoms with E-state index in [2.05, 4.69) is 0 Å². The van der Waals surface area contributed by atoms with Crippen molar-refractivity contribution >= 4 is 7.32 Å². The monoisotopic (exact) mass is 144 g/mol. The minimum atomic E-state index is -0.988. The van der Waals surface area contributed by atoms with Gasteiger partial charge in [-0.3, -0.25) is 0 Å². The molecule has 1 N–H and O–H groups in total. The van der Waals surface area contributed by atoms with Crippen molar-refractivity contribution in [1.29, 1.82) is 0 Å². The molecule has 0 bridgehead atoms. The fraction of sp³-hybridized carbons (Fsp3) is 1.00. The highest BCUT2D eigenvalue weighted by Crippen LogP contribution is 2.04. The number of hydrogen-bond acceptors (Lipinski definition) is 3. The summed E-state index contributed by atoms with van der Waals surface area (Å²) in [6.07, 6.45) is 4.41. The van der Waals surface area contributed by atoms with Crippen LogP contribution in [0.15, 0.2) is 0 Å². The average Bonchev–Trinajstić information content (AvgIpc) is 2.02. The third-order valence-electron chi connectivity index (χ3n) is 1.56. The van der Waals surface area contributed by atoms with E-state index in [4.69, 9.17) is 14.3 Å². The summed E-state index contributed by atoms with van der Waals surface area (Å²) in [5.41, 5.74) is 0. The van der Waals surface area contributed by atoms with Crippen LogP contribution < -0.4 is 0 Å². The molecule has 0 aromatic rings. The van der Waals surface area contributed by atoms with E-state index in [1.165, 1.54) is 12.8 Å². The van der Waals surface area contributed by atoms with Crippen molar-refractivity contribution in [2.45, 2.75) is 25.7 Å². The van der Waals surface area contributed by atoms with Crippen LogP contribution in [0, 0.1) is 0 Å². The first-order chi connectivity index (χ1) is 4.89. The second kappa shape index (κ2) is 4.71. The third kappa shape index (κ3) is 3.20. The van der Waals surface area contributed by atoms with Crippen LogP contribution >= 0.6 is 0 Å². The largest absolute Gasteiger partial charge is 0.636 e. The fourth-order valence-electron chi connectivity index (χ4n) is 0.974. The van der Waals surface area contributed by atoms with Gasteiger partial charge in [-0.05, 0) is 12.8 Å². The molecule has 1 rings (SSSR count). The highest BCUT2D eigenvalue weighted by Gasteiger charge is 2.15. The van der Waals surface area contributed by atoms with E-state index < -0.39 is 7.32 Å². The Balaban J connectivity index is 2.15. The summed E-state index contributed by atoms with van der Waals surface area (Å²) in [4.78, 5) is 0. The van der Waals surface area contributed by atoms with Crippen molar-refractivity contribution in [1.82, 2.24) is 0 Å². The normalized spacial score (nSPS) is 23.1. The van der Waals surface area contributed by atoms with Gasteiger partial charge in [-0.1, -0.05) is 12.8 Å². The van der Waals surface area contributed by atoms with Gasteiger partial charge < -0.3 is 14.3 Å². The highest BCUT2D eigenvalue weighted by atomic mass is 16.7. The van der Waals surface area contributed by atoms with E-state index in [1.54, 1.807) is 0 Å². The molecule has 58 valence electrons. The van der Waals surface area contributed by atoms with Crippen LogP contribution in [0.4, 0.5) is 0 Å². The molecule has 1 heterocycles. The Labute approximate surface area is 61.5 Å². The van der Waals surface area contributed by atoms with Gasteiger partial charge in [0, 0.05) is 13.2 Å². The maximum atomic E-state index is 8.89. The van der Waals surface area contributed by atoms with E-state index >= 15 is 0 Å². The Bertz CT molecular complexity index is 79.1. The summed E-state index contributed by atoms with van der Waals surface area (Å²) in [6, 6.07) is 0. The van der Waals surface area contributed by atoms with Crippen molar-refractivity contribution in [3.8, 4) is 0 Å². The predicted octanol–water partition coefficient (Wildman–Crippen LogP) is 0.571. The first-order valence-electron chi connectivity index (χ1n) is 3.81. The lowest BCUT2D eigenvalue weighted by atomic mass is 10.2. The van der Waals surface area contributed by atoms with Crippen LogP contribution in [0.1, 0.15) is 25.7 Å². The molecule has 0 amide bonds. The lowest BCUT2D eigenvalue weighted by Gasteiger charge is -2.04. The Kier molecular flexibility index (Phi) is 3.79. The standard InChI is InChI=1S/C6H13BO3/c8-7-9-5-3-1-2-4-6-10-7/h8H,1-6H2. The average molecular weight is 144 g/mol. The van der Waals surface area contributed by atoms with Gasteiger partial charge in [-0.15, -0.1) is 0 Å². The van der Waals surface area contributed by atoms with E-state index in [9.17, 15) is 0 Å². The molecule has 10 heavy (non-hydrogen) atoms. The lowest BCUT2D eigenvalue weighted by Crippen LogP contribution is -2.22. The lowest BCUT2D eigenvalue weighted by molar-refractivity contribution is 0.137. The summed E-state index contributed by atoms with van der Waals surface area (Å²) in [6.45, 7) is 1.22. The molecular weight excluding hydrogens is 131 g/mol. The quantitative estimate of drug-likeness (QED) is 0.505. The third-order valence-corrected chi connectivity index (χ3v) is 1.56. The van der Waals surface area contributed by atoms with Crippen molar-refractivity contribution in [3.63, 3.8) is 0 Å². The van der Waals surface area contributed by atoms with Crippen LogP contribution in [0.2, 0.25) is 0 Å². The maximum absolute atomic E-state index is 8.89. The van der Waals surface area contributed by atoms with Gasteiger partial charge >= 0.3 is 7.32 Å². The zero-order chi connectivity index (χ0) is 7.23. The Morgan fingerprint density at radius 2 is 1.40 bits per heavy atom. The summed E-state index contributed by atoms with van der Waals surface area (Å²) < 4.78 is 9.79. The molecule has 0 radical (unpaired) electrons. The molecule has 0 aromatic heterocycles. The predicted molar refractivity (Wildman–Crippen MR) is 38.3 cm³/mol. The molecule has 0 saturated carbocycles. The summed E-state index contributed by atoms with van der Waals surface area (Å²) >= 11 is 0. The molecule has 0 aliphatic carbocycles. The molecule has 1 saturated heterocycles. The van der Waals surface area contributed by atoms with Gasteiger partial charge in [0.2, 0.25) is 0 Å². The molecule has 0 unspecified atom stereocenters. The summed E-state index contributed by atoms with van der Waals surface area (Å²) in [5, 5.41) is 8.89. The molecule has 1 aliphatic heterocycles. The number of rotatable bonds is 0. The molecule has 0 spiro atoms. The van der Waals surface area contributed by atoms with Crippen LogP contribution in [0.5, 0.6) is 0 Å².